The minimum Gasteiger partial charge on any atom is -0.446 e. The Kier molecular flexibility index (Phi) is 5.12. The molecule has 0 bridgehead atoms. The van der Waals surface area contributed by atoms with Gasteiger partial charge in [0.05, 0.1) is 0 Å². The van der Waals surface area contributed by atoms with Gasteiger partial charge in [0, 0.05) is 5.92 Å². The van der Waals surface area contributed by atoms with Gasteiger partial charge in [-0.25, -0.2) is 9.69 Å². The number of carbonyl (C=O) groups excluding carboxylic acids is 2. The van der Waals surface area contributed by atoms with Gasteiger partial charge in [0.1, 0.15) is 12.6 Å². The van der Waals surface area contributed by atoms with Gasteiger partial charge < -0.3 is 4.74 Å². The molecular weight excluding hydrogens is 326 g/mol. The van der Waals surface area contributed by atoms with E-state index in [1.54, 1.807) is 0 Å². The molecule has 26 heavy (non-hydrogen) atoms. The van der Waals surface area contributed by atoms with E-state index in [2.05, 4.69) is 0 Å². The largest absolute Gasteiger partial charge is 0.446 e. The second kappa shape index (κ2) is 7.32. The molecule has 2 aromatic carbocycles. The van der Waals surface area contributed by atoms with Gasteiger partial charge in [-0.05, 0) is 23.0 Å². The average molecular weight is 351 g/mol. The van der Waals surface area contributed by atoms with Crippen molar-refractivity contribution in [3.05, 3.63) is 71.8 Å². The number of ether oxygens (including phenoxy) is 1. The Bertz CT molecular complexity index is 765. The van der Waals surface area contributed by atoms with Crippen LogP contribution in [0.2, 0.25) is 0 Å². The average Bonchev–Trinajstić information content (AvgIpc) is 3.01. The molecule has 1 aliphatic rings. The summed E-state index contributed by atoms with van der Waals surface area (Å²) in [5, 5.41) is 0. The minimum atomic E-state index is -0.550. The highest BCUT2D eigenvalue weighted by Crippen LogP contribution is 2.36. The number of cyclic esters (lactones) is 1. The predicted molar refractivity (Wildman–Crippen MR) is 100 cm³/mol. The van der Waals surface area contributed by atoms with Crippen LogP contribution in [0.3, 0.4) is 0 Å². The van der Waals surface area contributed by atoms with Crippen LogP contribution in [-0.2, 0) is 16.0 Å². The molecule has 2 atom stereocenters. The number of hydrogen-bond acceptors (Lipinski definition) is 3. The monoisotopic (exact) mass is 351 g/mol. The number of hydrogen-bond donors (Lipinski definition) is 0. The molecule has 2 aromatic rings. The van der Waals surface area contributed by atoms with Crippen LogP contribution in [0.5, 0.6) is 0 Å². The molecule has 0 saturated carbocycles. The summed E-state index contributed by atoms with van der Waals surface area (Å²) in [6.45, 7) is 6.32. The highest BCUT2D eigenvalue weighted by atomic mass is 16.6. The molecule has 2 amide bonds. The predicted octanol–water partition coefficient (Wildman–Crippen LogP) is 4.61. The van der Waals surface area contributed by atoms with Crippen LogP contribution in [0.1, 0.15) is 37.9 Å². The molecule has 1 saturated heterocycles. The normalized spacial score (nSPS) is 18.5. The van der Waals surface area contributed by atoms with Gasteiger partial charge in [-0.15, -0.1) is 0 Å². The van der Waals surface area contributed by atoms with Gasteiger partial charge in [0.25, 0.3) is 0 Å². The van der Waals surface area contributed by atoms with Crippen LogP contribution in [0.25, 0.3) is 0 Å². The van der Waals surface area contributed by atoms with E-state index in [0.29, 0.717) is 6.42 Å². The molecule has 1 aliphatic heterocycles. The molecule has 0 spiro atoms. The van der Waals surface area contributed by atoms with Gasteiger partial charge in [-0.3, -0.25) is 4.79 Å². The maximum Gasteiger partial charge on any atom is 0.417 e. The molecule has 4 nitrogen and oxygen atoms in total. The standard InChI is InChI=1S/C22H25NO3/c1-22(2,3)18(14-16-10-6-4-7-11-16)20(24)23-19(15-26-21(23)25)17-12-8-5-9-13-17/h4-13,18-19H,14-15H2,1-3H3/t18-,19-/m1/s1. The summed E-state index contributed by atoms with van der Waals surface area (Å²) in [6, 6.07) is 19.2. The maximum absolute atomic E-state index is 13.4. The fourth-order valence-electron chi connectivity index (χ4n) is 3.37. The lowest BCUT2D eigenvalue weighted by Crippen LogP contribution is -2.44. The van der Waals surface area contributed by atoms with Crippen molar-refractivity contribution in [2.75, 3.05) is 6.61 Å². The SMILES string of the molecule is CC(C)(C)[C@H](Cc1ccccc1)C(=O)N1C(=O)OC[C@@H]1c1ccccc1. The van der Waals surface area contributed by atoms with E-state index < -0.39 is 6.09 Å². The summed E-state index contributed by atoms with van der Waals surface area (Å²) in [6.07, 6.45) is 0.0419. The van der Waals surface area contributed by atoms with E-state index in [0.717, 1.165) is 11.1 Å². The quantitative estimate of drug-likeness (QED) is 0.808. The zero-order chi connectivity index (χ0) is 18.7. The molecule has 0 aliphatic carbocycles. The van der Waals surface area contributed by atoms with Crippen LogP contribution >= 0.6 is 0 Å². The van der Waals surface area contributed by atoms with Gasteiger partial charge in [0.2, 0.25) is 5.91 Å². The van der Waals surface area contributed by atoms with Crippen LogP contribution in [-0.4, -0.2) is 23.5 Å². The zero-order valence-corrected chi connectivity index (χ0v) is 15.5. The van der Waals surface area contributed by atoms with Crippen molar-refractivity contribution < 1.29 is 14.3 Å². The molecule has 136 valence electrons. The fourth-order valence-corrected chi connectivity index (χ4v) is 3.37. The zero-order valence-electron chi connectivity index (χ0n) is 15.5. The van der Waals surface area contributed by atoms with Crippen LogP contribution in [0.4, 0.5) is 4.79 Å². The summed E-state index contributed by atoms with van der Waals surface area (Å²) in [5.74, 6) is -0.487. The smallest absolute Gasteiger partial charge is 0.417 e. The number of benzene rings is 2. The summed E-state index contributed by atoms with van der Waals surface area (Å²) < 4.78 is 5.23. The Morgan fingerprint density at radius 1 is 1.08 bits per heavy atom. The van der Waals surface area contributed by atoms with E-state index in [1.807, 2.05) is 81.4 Å². The van der Waals surface area contributed by atoms with Crippen molar-refractivity contribution in [1.82, 2.24) is 4.90 Å². The number of amides is 2. The number of rotatable bonds is 4. The lowest BCUT2D eigenvalue weighted by molar-refractivity contribution is -0.137. The Morgan fingerprint density at radius 3 is 2.23 bits per heavy atom. The molecule has 4 heteroatoms. The highest BCUT2D eigenvalue weighted by molar-refractivity contribution is 5.95. The van der Waals surface area contributed by atoms with Crippen molar-refractivity contribution in [2.24, 2.45) is 11.3 Å². The summed E-state index contributed by atoms with van der Waals surface area (Å²) in [4.78, 5) is 27.1. The minimum absolute atomic E-state index is 0.169. The highest BCUT2D eigenvalue weighted by Gasteiger charge is 2.44. The molecule has 3 rings (SSSR count). The van der Waals surface area contributed by atoms with Crippen molar-refractivity contribution in [3.8, 4) is 0 Å². The first kappa shape index (κ1) is 18.2. The van der Waals surface area contributed by atoms with Crippen molar-refractivity contribution in [3.63, 3.8) is 0 Å². The van der Waals surface area contributed by atoms with Crippen LogP contribution in [0.15, 0.2) is 60.7 Å². The number of carbonyl (C=O) groups is 2. The second-order valence-corrected chi connectivity index (χ2v) is 7.82. The summed E-state index contributed by atoms with van der Waals surface area (Å²) in [5.41, 5.74) is 1.72. The van der Waals surface area contributed by atoms with Crippen LogP contribution < -0.4 is 0 Å². The van der Waals surface area contributed by atoms with E-state index >= 15 is 0 Å². The van der Waals surface area contributed by atoms with E-state index in [-0.39, 0.29) is 29.9 Å². The van der Waals surface area contributed by atoms with Crippen molar-refractivity contribution in [1.29, 1.82) is 0 Å². The third-order valence-corrected chi connectivity index (χ3v) is 4.92. The molecule has 0 aromatic heterocycles. The molecule has 1 heterocycles. The second-order valence-electron chi connectivity index (χ2n) is 7.82. The molecule has 1 fully saturated rings. The lowest BCUT2D eigenvalue weighted by Gasteiger charge is -2.33. The first-order valence-corrected chi connectivity index (χ1v) is 8.96. The molecule has 0 radical (unpaired) electrons. The molecule has 0 N–H and O–H groups in total. The number of nitrogens with zero attached hydrogens (tertiary/aromatic N) is 1. The first-order valence-electron chi connectivity index (χ1n) is 8.96. The van der Waals surface area contributed by atoms with Crippen LogP contribution in [0, 0.1) is 11.3 Å². The van der Waals surface area contributed by atoms with E-state index in [9.17, 15) is 9.59 Å². The first-order chi connectivity index (χ1) is 12.4. The van der Waals surface area contributed by atoms with E-state index in [1.165, 1.54) is 4.90 Å². The fraction of sp³-hybridized carbons (Fsp3) is 0.364. The Balaban J connectivity index is 1.90. The van der Waals surface area contributed by atoms with Gasteiger partial charge >= 0.3 is 6.09 Å². The topological polar surface area (TPSA) is 46.6 Å². The summed E-state index contributed by atoms with van der Waals surface area (Å²) in [7, 11) is 0. The maximum atomic E-state index is 13.4. The van der Waals surface area contributed by atoms with Gasteiger partial charge in [-0.2, -0.15) is 0 Å². The Morgan fingerprint density at radius 2 is 1.65 bits per heavy atom. The van der Waals surface area contributed by atoms with Crippen molar-refractivity contribution in [2.45, 2.75) is 33.2 Å². The molecular formula is C22H25NO3. The third kappa shape index (κ3) is 3.79. The number of imide groups is 1. The van der Waals surface area contributed by atoms with E-state index in [4.69, 9.17) is 4.74 Å². The molecule has 0 unspecified atom stereocenters. The Labute approximate surface area is 154 Å². The van der Waals surface area contributed by atoms with Gasteiger partial charge in [0.15, 0.2) is 0 Å². The third-order valence-electron chi connectivity index (χ3n) is 4.92. The van der Waals surface area contributed by atoms with Gasteiger partial charge in [-0.1, -0.05) is 81.4 Å². The summed E-state index contributed by atoms with van der Waals surface area (Å²) >= 11 is 0. The lowest BCUT2D eigenvalue weighted by atomic mass is 9.76. The Hall–Kier alpha value is -2.62. The van der Waals surface area contributed by atoms with Crippen molar-refractivity contribution >= 4 is 12.0 Å².